The van der Waals surface area contributed by atoms with Crippen molar-refractivity contribution in [3.05, 3.63) is 70.8 Å². The Hall–Kier alpha value is -2.03. The van der Waals surface area contributed by atoms with Crippen molar-refractivity contribution in [3.63, 3.8) is 0 Å². The summed E-state index contributed by atoms with van der Waals surface area (Å²) in [4.78, 5) is 12.0. The first-order chi connectivity index (χ1) is 9.45. The molecule has 0 aliphatic carbocycles. The minimum absolute atomic E-state index is 0.0652. The zero-order valence-corrected chi connectivity index (χ0v) is 11.5. The molecular formula is C17H16F2O. The zero-order chi connectivity index (χ0) is 14.7. The summed E-state index contributed by atoms with van der Waals surface area (Å²) in [5.41, 5.74) is 2.09. The molecule has 20 heavy (non-hydrogen) atoms. The van der Waals surface area contributed by atoms with Crippen molar-refractivity contribution in [3.8, 4) is 0 Å². The number of hydrogen-bond donors (Lipinski definition) is 0. The highest BCUT2D eigenvalue weighted by atomic mass is 19.1. The summed E-state index contributed by atoms with van der Waals surface area (Å²) in [5, 5.41) is 0. The predicted octanol–water partition coefficient (Wildman–Crippen LogP) is 4.51. The highest BCUT2D eigenvalue weighted by molar-refractivity contribution is 5.97. The lowest BCUT2D eigenvalue weighted by Crippen LogP contribution is -2.05. The van der Waals surface area contributed by atoms with Crippen LogP contribution in [0, 0.1) is 11.6 Å². The SMILES string of the molecule is CC(C)c1ccc(CC(=O)c2cc(F)cc(F)c2)cc1. The quantitative estimate of drug-likeness (QED) is 0.749. The standard InChI is InChI=1S/C17H16F2O/c1-11(2)13-5-3-12(4-6-13)7-17(20)14-8-15(18)10-16(19)9-14/h3-6,8-11H,7H2,1-2H3. The summed E-state index contributed by atoms with van der Waals surface area (Å²) < 4.78 is 26.2. The van der Waals surface area contributed by atoms with Crippen molar-refractivity contribution in [2.24, 2.45) is 0 Å². The van der Waals surface area contributed by atoms with Gasteiger partial charge in [-0.25, -0.2) is 8.78 Å². The minimum Gasteiger partial charge on any atom is -0.294 e. The number of carbonyl (C=O) groups excluding carboxylic acids is 1. The minimum atomic E-state index is -0.733. The molecule has 2 aromatic rings. The van der Waals surface area contributed by atoms with Gasteiger partial charge in [0.1, 0.15) is 11.6 Å². The lowest BCUT2D eigenvalue weighted by molar-refractivity contribution is 0.0992. The molecule has 0 amide bonds. The van der Waals surface area contributed by atoms with Gasteiger partial charge in [0.05, 0.1) is 0 Å². The largest absolute Gasteiger partial charge is 0.294 e. The molecule has 0 spiro atoms. The number of carbonyl (C=O) groups is 1. The van der Waals surface area contributed by atoms with Crippen LogP contribution in [0.1, 0.15) is 41.3 Å². The van der Waals surface area contributed by atoms with Gasteiger partial charge in [-0.1, -0.05) is 38.1 Å². The number of halogens is 2. The molecular weight excluding hydrogens is 258 g/mol. The fraction of sp³-hybridized carbons (Fsp3) is 0.235. The lowest BCUT2D eigenvalue weighted by atomic mass is 9.98. The summed E-state index contributed by atoms with van der Waals surface area (Å²) in [6.07, 6.45) is 0.140. The van der Waals surface area contributed by atoms with Gasteiger partial charge in [-0.3, -0.25) is 4.79 Å². The Morgan fingerprint density at radius 3 is 2.05 bits per heavy atom. The van der Waals surface area contributed by atoms with Crippen LogP contribution >= 0.6 is 0 Å². The van der Waals surface area contributed by atoms with Crippen LogP contribution in [0.25, 0.3) is 0 Å². The van der Waals surface area contributed by atoms with E-state index < -0.39 is 11.6 Å². The molecule has 3 heteroatoms. The maximum atomic E-state index is 13.1. The van der Waals surface area contributed by atoms with Crippen molar-refractivity contribution < 1.29 is 13.6 Å². The van der Waals surface area contributed by atoms with Gasteiger partial charge in [-0.2, -0.15) is 0 Å². The van der Waals surface area contributed by atoms with E-state index >= 15 is 0 Å². The smallest absolute Gasteiger partial charge is 0.167 e. The number of ketones is 1. The molecule has 0 aromatic heterocycles. The summed E-state index contributed by atoms with van der Waals surface area (Å²) in [6, 6.07) is 10.6. The Morgan fingerprint density at radius 2 is 1.55 bits per heavy atom. The summed E-state index contributed by atoms with van der Waals surface area (Å²) in [6.45, 7) is 4.19. The Labute approximate surface area is 117 Å². The van der Waals surface area contributed by atoms with Gasteiger partial charge in [0.15, 0.2) is 5.78 Å². The second-order valence-corrected chi connectivity index (χ2v) is 5.15. The third-order valence-corrected chi connectivity index (χ3v) is 3.20. The van der Waals surface area contributed by atoms with Gasteiger partial charge in [-0.05, 0) is 29.2 Å². The van der Waals surface area contributed by atoms with E-state index in [1.807, 2.05) is 24.3 Å². The summed E-state index contributed by atoms with van der Waals surface area (Å²) in [5.74, 6) is -1.33. The van der Waals surface area contributed by atoms with E-state index in [1.165, 1.54) is 5.56 Å². The summed E-state index contributed by atoms with van der Waals surface area (Å²) >= 11 is 0. The van der Waals surface area contributed by atoms with E-state index in [9.17, 15) is 13.6 Å². The van der Waals surface area contributed by atoms with Gasteiger partial charge < -0.3 is 0 Å². The van der Waals surface area contributed by atoms with E-state index in [2.05, 4.69) is 13.8 Å². The van der Waals surface area contributed by atoms with E-state index in [4.69, 9.17) is 0 Å². The molecule has 104 valence electrons. The first kappa shape index (κ1) is 14.4. The first-order valence-corrected chi connectivity index (χ1v) is 6.54. The van der Waals surface area contributed by atoms with Crippen molar-refractivity contribution in [1.82, 2.24) is 0 Å². The van der Waals surface area contributed by atoms with Crippen LogP contribution in [0.5, 0.6) is 0 Å². The topological polar surface area (TPSA) is 17.1 Å². The molecule has 1 nitrogen and oxygen atoms in total. The molecule has 0 saturated heterocycles. The third-order valence-electron chi connectivity index (χ3n) is 3.20. The average molecular weight is 274 g/mol. The molecule has 0 bridgehead atoms. The van der Waals surface area contributed by atoms with Gasteiger partial charge >= 0.3 is 0 Å². The molecule has 0 unspecified atom stereocenters. The molecule has 0 N–H and O–H groups in total. The molecule has 0 saturated carbocycles. The predicted molar refractivity (Wildman–Crippen MR) is 74.9 cm³/mol. The maximum Gasteiger partial charge on any atom is 0.167 e. The van der Waals surface area contributed by atoms with Crippen molar-refractivity contribution in [2.45, 2.75) is 26.2 Å². The molecule has 0 atom stereocenters. The lowest BCUT2D eigenvalue weighted by Gasteiger charge is -2.07. The monoisotopic (exact) mass is 274 g/mol. The van der Waals surface area contributed by atoms with Crippen LogP contribution in [0.15, 0.2) is 42.5 Å². The van der Waals surface area contributed by atoms with E-state index in [0.29, 0.717) is 5.92 Å². The van der Waals surface area contributed by atoms with Crippen LogP contribution in [-0.2, 0) is 6.42 Å². The van der Waals surface area contributed by atoms with Crippen LogP contribution in [0.3, 0.4) is 0 Å². The Balaban J connectivity index is 2.14. The fourth-order valence-electron chi connectivity index (χ4n) is 2.02. The molecule has 0 heterocycles. The summed E-state index contributed by atoms with van der Waals surface area (Å²) in [7, 11) is 0. The molecule has 0 fully saturated rings. The Bertz CT molecular complexity index is 595. The molecule has 2 aromatic carbocycles. The van der Waals surface area contributed by atoms with Crippen molar-refractivity contribution >= 4 is 5.78 Å². The first-order valence-electron chi connectivity index (χ1n) is 6.54. The third kappa shape index (κ3) is 3.50. The van der Waals surface area contributed by atoms with Gasteiger partial charge in [-0.15, -0.1) is 0 Å². The van der Waals surface area contributed by atoms with Crippen LogP contribution < -0.4 is 0 Å². The molecule has 0 aliphatic heterocycles. The number of hydrogen-bond acceptors (Lipinski definition) is 1. The number of Topliss-reactive ketones (excluding diaryl/α,β-unsaturated/α-hetero) is 1. The number of rotatable bonds is 4. The second kappa shape index (κ2) is 5.95. The number of benzene rings is 2. The Kier molecular flexibility index (Phi) is 4.28. The van der Waals surface area contributed by atoms with Crippen LogP contribution in [0.4, 0.5) is 8.78 Å². The van der Waals surface area contributed by atoms with Crippen LogP contribution in [-0.4, -0.2) is 5.78 Å². The maximum absolute atomic E-state index is 13.1. The highest BCUT2D eigenvalue weighted by Gasteiger charge is 2.10. The van der Waals surface area contributed by atoms with Gasteiger partial charge in [0.2, 0.25) is 0 Å². The zero-order valence-electron chi connectivity index (χ0n) is 11.5. The highest BCUT2D eigenvalue weighted by Crippen LogP contribution is 2.16. The molecule has 2 rings (SSSR count). The Morgan fingerprint density at radius 1 is 1.00 bits per heavy atom. The second-order valence-electron chi connectivity index (χ2n) is 5.15. The fourth-order valence-corrected chi connectivity index (χ4v) is 2.02. The van der Waals surface area contributed by atoms with Crippen molar-refractivity contribution in [2.75, 3.05) is 0 Å². The van der Waals surface area contributed by atoms with Crippen LogP contribution in [0.2, 0.25) is 0 Å². The van der Waals surface area contributed by atoms with E-state index in [-0.39, 0.29) is 17.8 Å². The van der Waals surface area contributed by atoms with E-state index in [0.717, 1.165) is 23.8 Å². The van der Waals surface area contributed by atoms with Crippen molar-refractivity contribution in [1.29, 1.82) is 0 Å². The molecule has 0 radical (unpaired) electrons. The van der Waals surface area contributed by atoms with E-state index in [1.54, 1.807) is 0 Å². The van der Waals surface area contributed by atoms with Gasteiger partial charge in [0.25, 0.3) is 0 Å². The average Bonchev–Trinajstić information content (AvgIpc) is 2.38. The molecule has 0 aliphatic rings. The normalized spacial score (nSPS) is 10.8. The van der Waals surface area contributed by atoms with Gasteiger partial charge in [0, 0.05) is 18.1 Å².